The number of nitrogens with one attached hydrogen (secondary N) is 2. The number of carbonyl (C=O) groups is 1. The van der Waals surface area contributed by atoms with Crippen LogP contribution in [-0.2, 0) is 10.0 Å². The third kappa shape index (κ3) is 4.56. The Bertz CT molecular complexity index is 1350. The predicted octanol–water partition coefficient (Wildman–Crippen LogP) is 2.09. The minimum absolute atomic E-state index is 0.140. The molecule has 3 aromatic rings. The smallest absolute Gasteiger partial charge is 0.391 e. The van der Waals surface area contributed by atoms with Gasteiger partial charge in [0.2, 0.25) is 21.8 Å². The van der Waals surface area contributed by atoms with E-state index in [9.17, 15) is 22.4 Å². The van der Waals surface area contributed by atoms with Gasteiger partial charge in [0.25, 0.3) is 0 Å². The van der Waals surface area contributed by atoms with Crippen molar-refractivity contribution in [2.24, 2.45) is 5.73 Å². The summed E-state index contributed by atoms with van der Waals surface area (Å²) in [5.74, 6) is -3.76. The van der Waals surface area contributed by atoms with Gasteiger partial charge in [0.15, 0.2) is 0 Å². The number of aromatic nitrogens is 3. The summed E-state index contributed by atoms with van der Waals surface area (Å²) in [6.07, 6.45) is 0.867. The number of aromatic amines is 1. The second kappa shape index (κ2) is 8.81. The summed E-state index contributed by atoms with van der Waals surface area (Å²) in [6, 6.07) is 2.53. The van der Waals surface area contributed by atoms with Crippen LogP contribution in [0.5, 0.6) is 0 Å². The number of amides is 1. The molecule has 3 rings (SSSR count). The third-order valence-electron chi connectivity index (χ3n) is 5.08. The molecule has 0 fully saturated rings. The molecule has 1 aromatic carbocycles. The largest absolute Gasteiger partial charge is 0.434 e. The van der Waals surface area contributed by atoms with Gasteiger partial charge < -0.3 is 10.2 Å². The first-order chi connectivity index (χ1) is 14.9. The molecular weight excluding hydrogens is 465 g/mol. The maximum absolute atomic E-state index is 14.7. The summed E-state index contributed by atoms with van der Waals surface area (Å²) in [6.45, 7) is 5.00. The van der Waals surface area contributed by atoms with Crippen LogP contribution in [0, 0.1) is 19.7 Å². The average molecular weight is 484 g/mol. The number of nitrogens with two attached hydrogens (primary N) is 1. The maximum atomic E-state index is 14.7. The fraction of sp³-hybridized carbons (Fsp3) is 0.263. The number of carbonyl (C=O) groups excluding carboxylic acids is 1. The van der Waals surface area contributed by atoms with E-state index >= 15 is 0 Å². The first-order valence-corrected chi connectivity index (χ1v) is 11.1. The molecule has 0 saturated carbocycles. The van der Waals surface area contributed by atoms with E-state index in [1.807, 2.05) is 0 Å². The van der Waals surface area contributed by atoms with Gasteiger partial charge in [-0.2, -0.15) is 4.72 Å². The molecule has 2 heterocycles. The van der Waals surface area contributed by atoms with Crippen LogP contribution in [0.15, 0.2) is 38.5 Å². The summed E-state index contributed by atoms with van der Waals surface area (Å²) in [7, 11) is -4.49. The van der Waals surface area contributed by atoms with E-state index in [2.05, 4.69) is 19.9 Å². The zero-order valence-corrected chi connectivity index (χ0v) is 18.7. The Balaban J connectivity index is 2.14. The van der Waals surface area contributed by atoms with E-state index in [-0.39, 0.29) is 16.6 Å². The monoisotopic (exact) mass is 483 g/mol. The fourth-order valence-electron chi connectivity index (χ4n) is 3.33. The molecule has 32 heavy (non-hydrogen) atoms. The van der Waals surface area contributed by atoms with Crippen molar-refractivity contribution < 1.29 is 22.0 Å². The van der Waals surface area contributed by atoms with Crippen molar-refractivity contribution in [3.8, 4) is 0 Å². The van der Waals surface area contributed by atoms with Gasteiger partial charge in [-0.1, -0.05) is 24.6 Å². The lowest BCUT2D eigenvalue weighted by molar-refractivity contribution is 0.0997. The van der Waals surface area contributed by atoms with E-state index in [4.69, 9.17) is 21.8 Å². The molecule has 0 aliphatic heterocycles. The number of H-pyrrole nitrogens is 1. The number of rotatable bonds is 7. The molecule has 0 aliphatic rings. The number of aryl methyl sites for hydroxylation is 1. The molecular formula is C19H19ClFN5O5S. The molecule has 10 nitrogen and oxygen atoms in total. The lowest BCUT2D eigenvalue weighted by Crippen LogP contribution is -2.34. The average Bonchev–Trinajstić information content (AvgIpc) is 3.15. The normalized spacial score (nSPS) is 13.7. The van der Waals surface area contributed by atoms with Crippen molar-refractivity contribution in [1.82, 2.24) is 19.9 Å². The molecule has 1 amide bonds. The molecule has 2 atom stereocenters. The third-order valence-corrected chi connectivity index (χ3v) is 6.75. The van der Waals surface area contributed by atoms with Gasteiger partial charge in [-0.05, 0) is 42.7 Å². The standard InChI is InChI=1S/C19H19ClFN5O5S/c1-8-4-5-12(21)15(9(8)2)10(3)16(18-24-25-19(28)31-18)26-32(29,30)13-7-23-14(20)6-11(13)17(22)27/h4-7,10,16,26H,1-3H3,(H2,22,27)(H,25,28)/t10-,16+/m1/s1. The Morgan fingerprint density at radius 1 is 1.34 bits per heavy atom. The van der Waals surface area contributed by atoms with Crippen molar-refractivity contribution in [3.05, 3.63) is 74.1 Å². The van der Waals surface area contributed by atoms with E-state index in [0.29, 0.717) is 5.56 Å². The van der Waals surface area contributed by atoms with Crippen molar-refractivity contribution in [3.63, 3.8) is 0 Å². The molecule has 2 aromatic heterocycles. The first-order valence-electron chi connectivity index (χ1n) is 9.21. The van der Waals surface area contributed by atoms with Crippen LogP contribution in [0.1, 0.15) is 51.8 Å². The highest BCUT2D eigenvalue weighted by molar-refractivity contribution is 7.89. The number of hydrogen-bond donors (Lipinski definition) is 3. The van der Waals surface area contributed by atoms with E-state index in [1.165, 1.54) is 6.07 Å². The summed E-state index contributed by atoms with van der Waals surface area (Å²) in [5.41, 5.74) is 6.45. The summed E-state index contributed by atoms with van der Waals surface area (Å²) in [4.78, 5) is 26.5. The highest BCUT2D eigenvalue weighted by Crippen LogP contribution is 2.35. The minimum Gasteiger partial charge on any atom is -0.391 e. The molecule has 13 heteroatoms. The summed E-state index contributed by atoms with van der Waals surface area (Å²) >= 11 is 5.76. The SMILES string of the molecule is Cc1ccc(F)c([C@@H](C)[C@H](NS(=O)(=O)c2cnc(Cl)cc2C(N)=O)c2n[nH]c(=O)o2)c1C. The Morgan fingerprint density at radius 2 is 2.03 bits per heavy atom. The molecule has 0 radical (unpaired) electrons. The number of nitrogens with zero attached hydrogens (tertiary/aromatic N) is 2. The van der Waals surface area contributed by atoms with Crippen molar-refractivity contribution >= 4 is 27.5 Å². The predicted molar refractivity (Wildman–Crippen MR) is 112 cm³/mol. The van der Waals surface area contributed by atoms with Crippen LogP contribution < -0.4 is 16.2 Å². The molecule has 0 unspecified atom stereocenters. The molecule has 0 bridgehead atoms. The molecule has 0 spiro atoms. The van der Waals surface area contributed by atoms with E-state index in [1.54, 1.807) is 26.8 Å². The molecule has 0 aliphatic carbocycles. The number of sulfonamides is 1. The van der Waals surface area contributed by atoms with Crippen molar-refractivity contribution in [2.75, 3.05) is 0 Å². The first kappa shape index (κ1) is 23.6. The van der Waals surface area contributed by atoms with Gasteiger partial charge in [0, 0.05) is 12.1 Å². The van der Waals surface area contributed by atoms with Gasteiger partial charge in [-0.25, -0.2) is 27.7 Å². The summed E-state index contributed by atoms with van der Waals surface area (Å²) < 4.78 is 48.4. The van der Waals surface area contributed by atoms with Gasteiger partial charge >= 0.3 is 5.76 Å². The Kier molecular flexibility index (Phi) is 6.49. The Hall–Kier alpha value is -3.09. The lowest BCUT2D eigenvalue weighted by atomic mass is 9.88. The quantitative estimate of drug-likeness (QED) is 0.433. The van der Waals surface area contributed by atoms with Crippen molar-refractivity contribution in [1.29, 1.82) is 0 Å². The van der Waals surface area contributed by atoms with Crippen LogP contribution in [0.4, 0.5) is 4.39 Å². The number of halogens is 2. The van der Waals surface area contributed by atoms with Crippen molar-refractivity contribution in [2.45, 2.75) is 37.6 Å². The van der Waals surface area contributed by atoms with E-state index < -0.39 is 49.9 Å². The van der Waals surface area contributed by atoms with E-state index in [0.717, 1.165) is 17.8 Å². The van der Waals surface area contributed by atoms with Gasteiger partial charge in [-0.15, -0.1) is 5.10 Å². The zero-order valence-electron chi connectivity index (χ0n) is 17.1. The van der Waals surface area contributed by atoms with Gasteiger partial charge in [0.1, 0.15) is 21.9 Å². The van der Waals surface area contributed by atoms with Crippen LogP contribution in [-0.4, -0.2) is 29.5 Å². The Morgan fingerprint density at radius 3 is 2.62 bits per heavy atom. The molecule has 170 valence electrons. The zero-order chi connectivity index (χ0) is 23.8. The number of primary amides is 1. The van der Waals surface area contributed by atoms with Gasteiger partial charge in [0.05, 0.1) is 5.56 Å². The number of hydrogen-bond acceptors (Lipinski definition) is 7. The van der Waals surface area contributed by atoms with Crippen LogP contribution in [0.3, 0.4) is 0 Å². The topological polar surface area (TPSA) is 161 Å². The highest BCUT2D eigenvalue weighted by atomic mass is 35.5. The van der Waals surface area contributed by atoms with Crippen LogP contribution in [0.2, 0.25) is 5.15 Å². The highest BCUT2D eigenvalue weighted by Gasteiger charge is 2.34. The van der Waals surface area contributed by atoms with Crippen LogP contribution in [0.25, 0.3) is 0 Å². The molecule has 0 saturated heterocycles. The fourth-order valence-corrected chi connectivity index (χ4v) is 4.89. The maximum Gasteiger partial charge on any atom is 0.434 e. The van der Waals surface area contributed by atoms with Gasteiger partial charge in [-0.3, -0.25) is 4.79 Å². The second-order valence-corrected chi connectivity index (χ2v) is 9.18. The minimum atomic E-state index is -4.49. The molecule has 4 N–H and O–H groups in total. The second-order valence-electron chi connectivity index (χ2n) is 7.11. The number of pyridine rings is 1. The van der Waals surface area contributed by atoms with Crippen LogP contribution >= 0.6 is 11.6 Å². The summed E-state index contributed by atoms with van der Waals surface area (Å²) in [5, 5.41) is 5.63. The lowest BCUT2D eigenvalue weighted by Gasteiger charge is -2.25. The number of benzene rings is 1. The Labute approximate surface area is 187 Å².